The van der Waals surface area contributed by atoms with Gasteiger partial charge in [0, 0.05) is 48.0 Å². The highest BCUT2D eigenvalue weighted by atomic mass is 19.4. The second-order valence-corrected chi connectivity index (χ2v) is 10.1. The van der Waals surface area contributed by atoms with Crippen LogP contribution >= 0.6 is 0 Å². The average molecular weight is 625 g/mol. The molecule has 2 N–H and O–H groups in total. The minimum absolute atomic E-state index is 0.0250. The molecule has 0 unspecified atom stereocenters. The predicted octanol–water partition coefficient (Wildman–Crippen LogP) is 4.34. The van der Waals surface area contributed by atoms with Crippen LogP contribution in [0, 0.1) is 0 Å². The maximum Gasteiger partial charge on any atom is 0.423 e. The van der Waals surface area contributed by atoms with Crippen LogP contribution in [0.1, 0.15) is 31.2 Å². The molecule has 2 aliphatic rings. The number of ether oxygens (including phenoxy) is 3. The van der Waals surface area contributed by atoms with Crippen molar-refractivity contribution >= 4 is 17.8 Å². The van der Waals surface area contributed by atoms with Crippen molar-refractivity contribution in [2.45, 2.75) is 56.5 Å². The number of hydrogen-bond donors (Lipinski definition) is 2. The first-order valence-electron chi connectivity index (χ1n) is 13.7. The van der Waals surface area contributed by atoms with E-state index in [1.54, 1.807) is 24.5 Å². The maximum atomic E-state index is 13.5. The number of amides is 2. The number of nitrogens with one attached hydrogen (secondary N) is 2. The molecule has 236 valence electrons. The topological polar surface area (TPSA) is 137 Å². The van der Waals surface area contributed by atoms with Gasteiger partial charge in [0.1, 0.15) is 17.5 Å². The second kappa shape index (κ2) is 13.5. The summed E-state index contributed by atoms with van der Waals surface area (Å²) in [5.41, 5.74) is 0.245. The second-order valence-electron chi connectivity index (χ2n) is 10.1. The van der Waals surface area contributed by atoms with Crippen LogP contribution in [0.15, 0.2) is 36.9 Å². The number of nitrogens with zero attached hydrogens (tertiary/aromatic N) is 6. The normalized spacial score (nSPS) is 18.8. The van der Waals surface area contributed by atoms with Gasteiger partial charge in [0.25, 0.3) is 6.43 Å². The van der Waals surface area contributed by atoms with Gasteiger partial charge >= 0.3 is 18.2 Å². The Balaban J connectivity index is 1.27. The number of urea groups is 1. The van der Waals surface area contributed by atoms with E-state index in [-0.39, 0.29) is 43.1 Å². The number of methoxy groups -OCH3 is 1. The molecule has 2 amide bonds. The highest BCUT2D eigenvalue weighted by Crippen LogP contribution is 2.36. The molecule has 12 nitrogen and oxygen atoms in total. The molecular weight excluding hydrogens is 595 g/mol. The van der Waals surface area contributed by atoms with Gasteiger partial charge in [0.2, 0.25) is 11.8 Å². The molecule has 0 aromatic carbocycles. The fraction of sp³-hybridized carbons (Fsp3) is 0.481. The number of pyridine rings is 1. The Morgan fingerprint density at radius 3 is 2.30 bits per heavy atom. The molecule has 2 fully saturated rings. The van der Waals surface area contributed by atoms with E-state index in [9.17, 15) is 26.7 Å². The van der Waals surface area contributed by atoms with Gasteiger partial charge in [-0.3, -0.25) is 4.90 Å². The van der Waals surface area contributed by atoms with Crippen molar-refractivity contribution in [3.8, 4) is 23.0 Å². The summed E-state index contributed by atoms with van der Waals surface area (Å²) in [5.74, 6) is -0.336. The van der Waals surface area contributed by atoms with Crippen LogP contribution in [-0.4, -0.2) is 82.4 Å². The van der Waals surface area contributed by atoms with Crippen molar-refractivity contribution in [3.05, 3.63) is 42.5 Å². The molecule has 1 saturated heterocycles. The van der Waals surface area contributed by atoms with Crippen LogP contribution in [0.3, 0.4) is 0 Å². The Labute approximate surface area is 248 Å². The van der Waals surface area contributed by atoms with E-state index in [1.807, 2.05) is 0 Å². The van der Waals surface area contributed by atoms with Crippen molar-refractivity contribution in [3.63, 3.8) is 0 Å². The minimum Gasteiger partial charge on any atom is -0.469 e. The highest BCUT2D eigenvalue weighted by Gasteiger charge is 2.38. The highest BCUT2D eigenvalue weighted by molar-refractivity contribution is 5.91. The van der Waals surface area contributed by atoms with Gasteiger partial charge in [-0.05, 0) is 37.8 Å². The molecule has 1 saturated carbocycles. The van der Waals surface area contributed by atoms with Gasteiger partial charge in [0.15, 0.2) is 0 Å². The molecule has 1 aliphatic carbocycles. The summed E-state index contributed by atoms with van der Waals surface area (Å²) in [4.78, 5) is 34.8. The first-order chi connectivity index (χ1) is 21.1. The molecule has 44 heavy (non-hydrogen) atoms. The van der Waals surface area contributed by atoms with Gasteiger partial charge in [-0.15, -0.1) is 0 Å². The van der Waals surface area contributed by atoms with Crippen molar-refractivity contribution in [2.75, 3.05) is 37.1 Å². The zero-order valence-electron chi connectivity index (χ0n) is 23.4. The first kappa shape index (κ1) is 31.0. The number of aromatic nitrogens is 5. The van der Waals surface area contributed by atoms with Crippen molar-refractivity contribution in [1.29, 1.82) is 0 Å². The van der Waals surface area contributed by atoms with E-state index in [0.717, 1.165) is 0 Å². The van der Waals surface area contributed by atoms with Crippen molar-refractivity contribution in [2.24, 2.45) is 0 Å². The fourth-order valence-electron chi connectivity index (χ4n) is 4.80. The Morgan fingerprint density at radius 1 is 1.02 bits per heavy atom. The third-order valence-corrected chi connectivity index (χ3v) is 7.11. The number of alkyl halides is 5. The Kier molecular flexibility index (Phi) is 9.51. The molecule has 5 rings (SSSR count). The average Bonchev–Trinajstić information content (AvgIpc) is 2.99. The van der Waals surface area contributed by atoms with Crippen LogP contribution in [0.4, 0.5) is 38.5 Å². The zero-order valence-corrected chi connectivity index (χ0v) is 23.4. The molecule has 3 aromatic rings. The van der Waals surface area contributed by atoms with Crippen molar-refractivity contribution in [1.82, 2.24) is 30.2 Å². The van der Waals surface area contributed by atoms with Crippen LogP contribution in [0.2, 0.25) is 0 Å². The summed E-state index contributed by atoms with van der Waals surface area (Å²) in [7, 11) is 1.45. The fourth-order valence-corrected chi connectivity index (χ4v) is 4.80. The number of halogens is 5. The summed E-state index contributed by atoms with van der Waals surface area (Å²) in [6, 6.07) is 2.19. The SMILES string of the molecule is COc1ncc(-c2ccc(N(C(=O)NCC(F)F)[C@H]3CC[C@H](Nc4ncc(C(F)(F)F)c(OC5COC5)n4)CC3)nc2)cn1. The largest absolute Gasteiger partial charge is 0.469 e. The van der Waals surface area contributed by atoms with E-state index >= 15 is 0 Å². The number of hydrogen-bond acceptors (Lipinski definition) is 10. The van der Waals surface area contributed by atoms with Gasteiger partial charge in [0.05, 0.1) is 26.9 Å². The molecular formula is C27H29F5N8O4. The Bertz CT molecular complexity index is 1400. The lowest BCUT2D eigenvalue weighted by molar-refractivity contribution is -0.142. The first-order valence-corrected chi connectivity index (χ1v) is 13.7. The molecule has 0 spiro atoms. The van der Waals surface area contributed by atoms with E-state index < -0.39 is 42.7 Å². The van der Waals surface area contributed by atoms with E-state index in [1.165, 1.54) is 18.2 Å². The number of carbonyl (C=O) groups is 1. The van der Waals surface area contributed by atoms with Crippen LogP contribution < -0.4 is 25.0 Å². The van der Waals surface area contributed by atoms with Gasteiger partial charge in [-0.25, -0.2) is 33.5 Å². The summed E-state index contributed by atoms with van der Waals surface area (Å²) in [5, 5.41) is 5.31. The Hall–Kier alpha value is -4.41. The van der Waals surface area contributed by atoms with Crippen molar-refractivity contribution < 1.29 is 41.0 Å². The van der Waals surface area contributed by atoms with Gasteiger partial charge in [-0.2, -0.15) is 18.2 Å². The molecule has 1 aliphatic heterocycles. The smallest absolute Gasteiger partial charge is 0.423 e. The molecule has 4 heterocycles. The number of rotatable bonds is 10. The number of carbonyl (C=O) groups excluding carboxylic acids is 1. The summed E-state index contributed by atoms with van der Waals surface area (Å²) in [6.07, 6.45) is -0.774. The van der Waals surface area contributed by atoms with E-state index in [2.05, 4.69) is 35.6 Å². The molecule has 17 heteroatoms. The standard InChI is InChI=1S/C27H29F5N8O4/c1-42-25-35-9-16(10-36-25)15-2-7-22(33-8-15)40(26(41)37-12-21(28)29)18-5-3-17(4-6-18)38-24-34-11-20(27(30,31)32)23(39-24)44-19-13-43-14-19/h2,7-11,17-19,21H,3-6,12-14H2,1H3,(H,37,41)(H,34,38,39)/t17-,18-. The summed E-state index contributed by atoms with van der Waals surface area (Å²) in [6.45, 7) is -0.484. The van der Waals surface area contributed by atoms with Crippen LogP contribution in [0.25, 0.3) is 11.1 Å². The van der Waals surface area contributed by atoms with Crippen LogP contribution in [-0.2, 0) is 10.9 Å². The molecule has 0 atom stereocenters. The lowest BCUT2D eigenvalue weighted by Crippen LogP contribution is -2.50. The summed E-state index contributed by atoms with van der Waals surface area (Å²) >= 11 is 0. The summed E-state index contributed by atoms with van der Waals surface area (Å²) < 4.78 is 81.5. The zero-order chi connectivity index (χ0) is 31.3. The number of anilines is 2. The van der Waals surface area contributed by atoms with Gasteiger partial charge in [-0.1, -0.05) is 0 Å². The van der Waals surface area contributed by atoms with Gasteiger partial charge < -0.3 is 24.8 Å². The monoisotopic (exact) mass is 624 g/mol. The lowest BCUT2D eigenvalue weighted by Gasteiger charge is -2.36. The molecule has 0 bridgehead atoms. The molecule has 3 aromatic heterocycles. The minimum atomic E-state index is -4.69. The third kappa shape index (κ3) is 7.56. The quantitative estimate of drug-likeness (QED) is 0.314. The van der Waals surface area contributed by atoms with Crippen LogP contribution in [0.5, 0.6) is 11.9 Å². The third-order valence-electron chi connectivity index (χ3n) is 7.11. The van der Waals surface area contributed by atoms with E-state index in [0.29, 0.717) is 43.0 Å². The van der Waals surface area contributed by atoms with E-state index in [4.69, 9.17) is 14.2 Å². The maximum absolute atomic E-state index is 13.5. The lowest BCUT2D eigenvalue weighted by atomic mass is 9.90. The Morgan fingerprint density at radius 2 is 1.73 bits per heavy atom. The molecule has 0 radical (unpaired) electrons. The predicted molar refractivity (Wildman–Crippen MR) is 146 cm³/mol.